The van der Waals surface area contributed by atoms with E-state index in [1.807, 2.05) is 21.1 Å². The molecular weight excluding hydrogens is 834 g/mol. The molecule has 9 nitrogen and oxygen atoms in total. The summed E-state index contributed by atoms with van der Waals surface area (Å²) in [6.07, 6.45) is 57.1. The van der Waals surface area contributed by atoms with E-state index in [1.54, 1.807) is 0 Å². The van der Waals surface area contributed by atoms with Crippen LogP contribution in [-0.2, 0) is 32.7 Å². The number of phosphoric ester groups is 1. The molecule has 0 spiro atoms. The molecular formula is C55H102NO8P. The summed E-state index contributed by atoms with van der Waals surface area (Å²) in [5.74, 6) is -0.846. The van der Waals surface area contributed by atoms with Crippen LogP contribution in [0.1, 0.15) is 239 Å². The van der Waals surface area contributed by atoms with Gasteiger partial charge in [-0.25, -0.2) is 0 Å². The van der Waals surface area contributed by atoms with Gasteiger partial charge in [-0.3, -0.25) is 14.2 Å². The summed E-state index contributed by atoms with van der Waals surface area (Å²) in [4.78, 5) is 37.7. The first kappa shape index (κ1) is 63.0. The third-order valence-corrected chi connectivity index (χ3v) is 12.5. The Kier molecular flexibility index (Phi) is 45.6. The summed E-state index contributed by atoms with van der Waals surface area (Å²) < 4.78 is 34.1. The van der Waals surface area contributed by atoms with Gasteiger partial charge in [0, 0.05) is 12.8 Å². The highest BCUT2D eigenvalue weighted by Gasteiger charge is 2.21. The summed E-state index contributed by atoms with van der Waals surface area (Å²) in [5.41, 5.74) is 0. The van der Waals surface area contributed by atoms with Crippen molar-refractivity contribution in [2.45, 2.75) is 245 Å². The van der Waals surface area contributed by atoms with Crippen LogP contribution in [-0.4, -0.2) is 70.0 Å². The Morgan fingerprint density at radius 1 is 0.477 bits per heavy atom. The highest BCUT2D eigenvalue weighted by Crippen LogP contribution is 2.38. The van der Waals surface area contributed by atoms with E-state index in [0.717, 1.165) is 64.2 Å². The number of allylic oxidation sites excluding steroid dienone is 8. The predicted octanol–water partition coefficient (Wildman–Crippen LogP) is 15.6. The van der Waals surface area contributed by atoms with Crippen molar-refractivity contribution >= 4 is 19.8 Å². The molecule has 0 aromatic heterocycles. The summed E-state index contributed by atoms with van der Waals surface area (Å²) >= 11 is 0. The number of rotatable bonds is 49. The molecule has 0 rings (SSSR count). The molecule has 0 aliphatic heterocycles. The van der Waals surface area contributed by atoms with E-state index in [0.29, 0.717) is 23.9 Å². The van der Waals surface area contributed by atoms with Crippen LogP contribution in [0.3, 0.4) is 0 Å². The van der Waals surface area contributed by atoms with Gasteiger partial charge in [-0.1, -0.05) is 197 Å². The number of phosphoric acid groups is 1. The zero-order valence-corrected chi connectivity index (χ0v) is 43.8. The van der Waals surface area contributed by atoms with Crippen LogP contribution in [0.2, 0.25) is 0 Å². The molecule has 0 fully saturated rings. The SMILES string of the molecule is CCCCCC/C=C\C/C=C\CCCCCCCC(=O)OCC(COP(=O)([O-])OCC[N+](C)(C)C)OC(=O)CCCCCCCCCCCCCCC/C=C\C/C=C\CCCCCCC. The van der Waals surface area contributed by atoms with E-state index in [-0.39, 0.29) is 26.1 Å². The van der Waals surface area contributed by atoms with Crippen molar-refractivity contribution in [1.82, 2.24) is 0 Å². The maximum atomic E-state index is 12.8. The molecule has 0 aliphatic carbocycles. The topological polar surface area (TPSA) is 111 Å². The lowest BCUT2D eigenvalue weighted by atomic mass is 10.0. The molecule has 0 amide bonds. The maximum Gasteiger partial charge on any atom is 0.306 e. The van der Waals surface area contributed by atoms with Crippen molar-refractivity contribution in [2.24, 2.45) is 0 Å². The maximum absolute atomic E-state index is 12.8. The summed E-state index contributed by atoms with van der Waals surface area (Å²) in [6.45, 7) is 4.21. The number of hydrogen-bond donors (Lipinski definition) is 0. The minimum atomic E-state index is -4.64. The van der Waals surface area contributed by atoms with Gasteiger partial charge in [0.25, 0.3) is 7.82 Å². The van der Waals surface area contributed by atoms with Crippen LogP contribution >= 0.6 is 7.82 Å². The monoisotopic (exact) mass is 936 g/mol. The second kappa shape index (κ2) is 47.1. The Morgan fingerprint density at radius 3 is 1.23 bits per heavy atom. The van der Waals surface area contributed by atoms with E-state index >= 15 is 0 Å². The standard InChI is InChI=1S/C55H102NO8P/c1-6-8-10-12-14-16-18-20-22-24-25-26-27-28-29-30-31-32-34-36-38-40-42-44-46-48-55(58)64-53(52-63-65(59,60)62-50-49-56(3,4)5)51-61-54(57)47-45-43-41-39-37-35-33-23-21-19-17-15-13-11-9-7-2/h17-20,23-25,33,53H,6-16,21-22,26-32,34-52H2,1-5H3/b19-17-,20-18-,25-24-,33-23-. The fourth-order valence-electron chi connectivity index (χ4n) is 7.36. The number of carbonyl (C=O) groups excluding carboxylic acids is 2. The third-order valence-electron chi connectivity index (χ3n) is 11.6. The van der Waals surface area contributed by atoms with Crippen LogP contribution in [0.4, 0.5) is 0 Å². The van der Waals surface area contributed by atoms with Crippen LogP contribution in [0.15, 0.2) is 48.6 Å². The fraction of sp³-hybridized carbons (Fsp3) is 0.818. The van der Waals surface area contributed by atoms with Gasteiger partial charge in [0.05, 0.1) is 27.7 Å². The number of likely N-dealkylation sites (N-methyl/N-ethyl adjacent to an activating group) is 1. The van der Waals surface area contributed by atoms with Crippen LogP contribution in [0.25, 0.3) is 0 Å². The molecule has 0 saturated carbocycles. The lowest BCUT2D eigenvalue weighted by Crippen LogP contribution is -2.37. The first-order chi connectivity index (χ1) is 31.5. The predicted molar refractivity (Wildman–Crippen MR) is 273 cm³/mol. The van der Waals surface area contributed by atoms with Crippen molar-refractivity contribution in [3.05, 3.63) is 48.6 Å². The average Bonchev–Trinajstić information content (AvgIpc) is 3.26. The first-order valence-corrected chi connectivity index (χ1v) is 28.3. The molecule has 0 bridgehead atoms. The van der Waals surface area contributed by atoms with Gasteiger partial charge >= 0.3 is 11.9 Å². The molecule has 0 aliphatic rings. The lowest BCUT2D eigenvalue weighted by molar-refractivity contribution is -0.870. The quantitative estimate of drug-likeness (QED) is 0.0195. The molecule has 0 heterocycles. The fourth-order valence-corrected chi connectivity index (χ4v) is 8.09. The number of esters is 2. The van der Waals surface area contributed by atoms with Gasteiger partial charge in [-0.15, -0.1) is 0 Å². The minimum Gasteiger partial charge on any atom is -0.756 e. The van der Waals surface area contributed by atoms with Crippen LogP contribution in [0, 0.1) is 0 Å². The summed E-state index contributed by atoms with van der Waals surface area (Å²) in [7, 11) is 1.16. The van der Waals surface area contributed by atoms with Crippen molar-refractivity contribution < 1.29 is 42.1 Å². The highest BCUT2D eigenvalue weighted by molar-refractivity contribution is 7.45. The third kappa shape index (κ3) is 51.2. The van der Waals surface area contributed by atoms with Gasteiger partial charge in [0.15, 0.2) is 6.10 Å². The first-order valence-electron chi connectivity index (χ1n) is 26.8. The van der Waals surface area contributed by atoms with Crippen molar-refractivity contribution in [2.75, 3.05) is 47.5 Å². The highest BCUT2D eigenvalue weighted by atomic mass is 31.2. The van der Waals surface area contributed by atoms with Crippen molar-refractivity contribution in [3.8, 4) is 0 Å². The Bertz CT molecular complexity index is 1240. The molecule has 0 N–H and O–H groups in total. The van der Waals surface area contributed by atoms with Crippen molar-refractivity contribution in [3.63, 3.8) is 0 Å². The number of nitrogens with zero attached hydrogens (tertiary/aromatic N) is 1. The number of hydrogen-bond acceptors (Lipinski definition) is 8. The molecule has 2 atom stereocenters. The smallest absolute Gasteiger partial charge is 0.306 e. The molecule has 2 unspecified atom stereocenters. The Labute approximate surface area is 401 Å². The molecule has 0 radical (unpaired) electrons. The molecule has 0 saturated heterocycles. The summed E-state index contributed by atoms with van der Waals surface area (Å²) in [6, 6.07) is 0. The molecule has 10 heteroatoms. The van der Waals surface area contributed by atoms with Gasteiger partial charge in [0.2, 0.25) is 0 Å². The summed E-state index contributed by atoms with van der Waals surface area (Å²) in [5, 5.41) is 0. The molecule has 380 valence electrons. The van der Waals surface area contributed by atoms with Crippen molar-refractivity contribution in [1.29, 1.82) is 0 Å². The van der Waals surface area contributed by atoms with Gasteiger partial charge in [-0.05, 0) is 77.0 Å². The molecule has 65 heavy (non-hydrogen) atoms. The zero-order valence-electron chi connectivity index (χ0n) is 42.9. The minimum absolute atomic E-state index is 0.0338. The number of carbonyl (C=O) groups is 2. The zero-order chi connectivity index (χ0) is 47.8. The van der Waals surface area contributed by atoms with Crippen LogP contribution in [0.5, 0.6) is 0 Å². The Balaban J connectivity index is 4.20. The number of ether oxygens (including phenoxy) is 2. The largest absolute Gasteiger partial charge is 0.756 e. The average molecular weight is 936 g/mol. The van der Waals surface area contributed by atoms with E-state index < -0.39 is 32.5 Å². The number of unbranched alkanes of at least 4 members (excludes halogenated alkanes) is 27. The van der Waals surface area contributed by atoms with E-state index in [2.05, 4.69) is 62.5 Å². The second-order valence-corrected chi connectivity index (χ2v) is 20.6. The Hall–Kier alpha value is -2.03. The van der Waals surface area contributed by atoms with Crippen LogP contribution < -0.4 is 4.89 Å². The van der Waals surface area contributed by atoms with Gasteiger partial charge < -0.3 is 27.9 Å². The van der Waals surface area contributed by atoms with Gasteiger partial charge in [0.1, 0.15) is 19.8 Å². The van der Waals surface area contributed by atoms with E-state index in [1.165, 1.54) is 135 Å². The van der Waals surface area contributed by atoms with Gasteiger partial charge in [-0.2, -0.15) is 0 Å². The normalized spacial score (nSPS) is 13.8. The Morgan fingerprint density at radius 2 is 0.831 bits per heavy atom. The van der Waals surface area contributed by atoms with E-state index in [9.17, 15) is 19.0 Å². The lowest BCUT2D eigenvalue weighted by Gasteiger charge is -2.28. The second-order valence-electron chi connectivity index (χ2n) is 19.2. The molecule has 0 aromatic rings. The van der Waals surface area contributed by atoms with E-state index in [4.69, 9.17) is 18.5 Å². The molecule has 0 aromatic carbocycles. The number of quaternary nitrogens is 1.